The van der Waals surface area contributed by atoms with Crippen LogP contribution >= 0.6 is 23.6 Å². The van der Waals surface area contributed by atoms with Crippen LogP contribution in [0.1, 0.15) is 18.1 Å². The third-order valence-electron chi connectivity index (χ3n) is 4.04. The molecule has 0 saturated heterocycles. The van der Waals surface area contributed by atoms with E-state index in [2.05, 4.69) is 48.7 Å². The summed E-state index contributed by atoms with van der Waals surface area (Å²) in [6.07, 6.45) is 0. The number of rotatable bonds is 8. The number of aryl methyl sites for hydroxylation is 1. The van der Waals surface area contributed by atoms with Gasteiger partial charge in [0.1, 0.15) is 12.3 Å². The van der Waals surface area contributed by atoms with E-state index in [-0.39, 0.29) is 0 Å². The predicted octanol–water partition coefficient (Wildman–Crippen LogP) is 3.80. The fourth-order valence-corrected chi connectivity index (χ4v) is 3.86. The normalized spacial score (nSPS) is 12.0. The quantitative estimate of drug-likeness (QED) is 0.564. The number of benzene rings is 2. The third-order valence-corrected chi connectivity index (χ3v) is 5.26. The van der Waals surface area contributed by atoms with E-state index in [1.54, 1.807) is 0 Å². The molecule has 1 unspecified atom stereocenters. The zero-order chi connectivity index (χ0) is 19.2. The zero-order valence-corrected chi connectivity index (χ0v) is 17.5. The van der Waals surface area contributed by atoms with E-state index >= 15 is 0 Å². The highest BCUT2D eigenvalue weighted by Crippen LogP contribution is 2.20. The summed E-state index contributed by atoms with van der Waals surface area (Å²) in [5.74, 6) is 0.910. The summed E-state index contributed by atoms with van der Waals surface area (Å²) in [5, 5.41) is 8.80. The van der Waals surface area contributed by atoms with Gasteiger partial charge in [-0.05, 0) is 68.0 Å². The number of hydrogen-bond donors (Lipinski definition) is 2. The molecule has 2 aromatic carbocycles. The lowest BCUT2D eigenvalue weighted by Gasteiger charge is -2.14. The fraction of sp³-hybridized carbons (Fsp3) is 0.300. The van der Waals surface area contributed by atoms with Crippen LogP contribution in [-0.2, 0) is 13.2 Å². The Morgan fingerprint density at radius 2 is 2.00 bits per heavy atom. The summed E-state index contributed by atoms with van der Waals surface area (Å²) in [4.78, 5) is 1.31. The Morgan fingerprint density at radius 1 is 1.22 bits per heavy atom. The smallest absolute Gasteiger partial charge is 0.209 e. The van der Waals surface area contributed by atoms with Crippen LogP contribution in [0.25, 0.3) is 0 Å². The molecule has 142 valence electrons. The maximum Gasteiger partial charge on any atom is 0.209 e. The molecule has 0 saturated carbocycles. The van der Waals surface area contributed by atoms with Crippen LogP contribution in [0, 0.1) is 10.9 Å². The van der Waals surface area contributed by atoms with Crippen LogP contribution in [0.2, 0.25) is 0 Å². The Hall–Kier alpha value is -2.22. The minimum atomic E-state index is 0.686. The van der Waals surface area contributed by atoms with Gasteiger partial charge in [0.15, 0.2) is 10.6 Å². The standard InChI is InChI=1S/C20H24N4OS2/c1-4-25-18-10-8-16(9-11-18)13-23(3)14-24-20(26)27-19(22-24)21-17-7-5-6-15(2)12-17/h5-12H,4,13-14H2,1-3H3,(H,21,22)/p+1. The molecule has 0 aliphatic heterocycles. The van der Waals surface area contributed by atoms with Crippen molar-refractivity contribution in [1.29, 1.82) is 0 Å². The third kappa shape index (κ3) is 5.63. The molecule has 1 atom stereocenters. The molecule has 7 heteroatoms. The first-order valence-electron chi connectivity index (χ1n) is 8.98. The van der Waals surface area contributed by atoms with Gasteiger partial charge >= 0.3 is 0 Å². The first-order valence-corrected chi connectivity index (χ1v) is 10.2. The molecule has 27 heavy (non-hydrogen) atoms. The lowest BCUT2D eigenvalue weighted by molar-refractivity contribution is -0.917. The number of hydrogen-bond acceptors (Lipinski definition) is 5. The zero-order valence-electron chi connectivity index (χ0n) is 15.9. The topological polar surface area (TPSA) is 43.5 Å². The van der Waals surface area contributed by atoms with Crippen LogP contribution in [0.4, 0.5) is 10.8 Å². The van der Waals surface area contributed by atoms with E-state index in [4.69, 9.17) is 17.0 Å². The molecule has 0 bridgehead atoms. The maximum atomic E-state index is 5.50. The Morgan fingerprint density at radius 3 is 2.70 bits per heavy atom. The van der Waals surface area contributed by atoms with Crippen molar-refractivity contribution in [1.82, 2.24) is 9.78 Å². The molecule has 0 amide bonds. The summed E-state index contributed by atoms with van der Waals surface area (Å²) in [6.45, 7) is 6.37. The molecule has 0 radical (unpaired) electrons. The highest BCUT2D eigenvalue weighted by atomic mass is 32.1. The van der Waals surface area contributed by atoms with E-state index < -0.39 is 0 Å². The largest absolute Gasteiger partial charge is 0.494 e. The predicted molar refractivity (Wildman–Crippen MR) is 114 cm³/mol. The second-order valence-corrected chi connectivity index (χ2v) is 8.16. The van der Waals surface area contributed by atoms with Crippen LogP contribution in [0.3, 0.4) is 0 Å². The molecule has 0 spiro atoms. The number of anilines is 2. The summed E-state index contributed by atoms with van der Waals surface area (Å²) in [6, 6.07) is 16.5. The number of quaternary nitrogens is 1. The van der Waals surface area contributed by atoms with Crippen LogP contribution in [0.15, 0.2) is 48.5 Å². The SMILES string of the molecule is CCOc1ccc(C[NH+](C)Cn2nc(Nc3cccc(C)c3)sc2=S)cc1. The van der Waals surface area contributed by atoms with Gasteiger partial charge in [-0.2, -0.15) is 4.68 Å². The van der Waals surface area contributed by atoms with Crippen LogP contribution in [0.5, 0.6) is 5.75 Å². The first kappa shape index (κ1) is 19.5. The molecule has 0 aliphatic rings. The monoisotopic (exact) mass is 401 g/mol. The molecule has 1 heterocycles. The number of nitrogens with one attached hydrogen (secondary N) is 2. The second-order valence-electron chi connectivity index (χ2n) is 6.54. The first-order chi connectivity index (χ1) is 13.0. The molecule has 2 N–H and O–H groups in total. The van der Waals surface area contributed by atoms with E-state index in [1.165, 1.54) is 27.4 Å². The summed E-state index contributed by atoms with van der Waals surface area (Å²) in [7, 11) is 2.14. The van der Waals surface area contributed by atoms with Crippen LogP contribution < -0.4 is 15.0 Å². The maximum absolute atomic E-state index is 5.50. The highest BCUT2D eigenvalue weighted by molar-refractivity contribution is 7.73. The van der Waals surface area contributed by atoms with Gasteiger partial charge in [0, 0.05) is 11.3 Å². The Balaban J connectivity index is 1.61. The van der Waals surface area contributed by atoms with Crippen molar-refractivity contribution >= 4 is 34.4 Å². The van der Waals surface area contributed by atoms with Gasteiger partial charge < -0.3 is 15.0 Å². The van der Waals surface area contributed by atoms with Gasteiger partial charge in [0.25, 0.3) is 0 Å². The van der Waals surface area contributed by atoms with Crippen molar-refractivity contribution in [3.8, 4) is 5.75 Å². The summed E-state index contributed by atoms with van der Waals surface area (Å²) >= 11 is 6.99. The highest BCUT2D eigenvalue weighted by Gasteiger charge is 2.10. The van der Waals surface area contributed by atoms with Gasteiger partial charge in [-0.25, -0.2) is 0 Å². The molecule has 0 aliphatic carbocycles. The fourth-order valence-electron chi connectivity index (χ4n) is 2.83. The Kier molecular flexibility index (Phi) is 6.60. The Labute approximate surface area is 169 Å². The lowest BCUT2D eigenvalue weighted by atomic mass is 10.2. The lowest BCUT2D eigenvalue weighted by Crippen LogP contribution is -3.07. The second kappa shape index (κ2) is 9.12. The van der Waals surface area contributed by atoms with Gasteiger partial charge in [0.05, 0.1) is 13.7 Å². The number of aromatic nitrogens is 2. The summed E-state index contributed by atoms with van der Waals surface area (Å²) in [5.41, 5.74) is 3.50. The summed E-state index contributed by atoms with van der Waals surface area (Å²) < 4.78 is 8.16. The van der Waals surface area contributed by atoms with E-state index in [0.717, 1.165) is 33.7 Å². The van der Waals surface area contributed by atoms with Crippen molar-refractivity contribution < 1.29 is 9.64 Å². The van der Waals surface area contributed by atoms with Crippen molar-refractivity contribution in [2.45, 2.75) is 27.1 Å². The average Bonchev–Trinajstić information content (AvgIpc) is 2.96. The Bertz CT molecular complexity index is 934. The van der Waals surface area contributed by atoms with Gasteiger partial charge in [-0.1, -0.05) is 23.5 Å². The minimum Gasteiger partial charge on any atom is -0.494 e. The van der Waals surface area contributed by atoms with Crippen molar-refractivity contribution in [2.24, 2.45) is 0 Å². The van der Waals surface area contributed by atoms with Crippen molar-refractivity contribution in [3.63, 3.8) is 0 Å². The molecule has 3 rings (SSSR count). The van der Waals surface area contributed by atoms with Gasteiger partial charge in [0.2, 0.25) is 5.13 Å². The van der Waals surface area contributed by atoms with E-state index in [0.29, 0.717) is 6.61 Å². The van der Waals surface area contributed by atoms with Crippen LogP contribution in [-0.4, -0.2) is 23.4 Å². The van der Waals surface area contributed by atoms with Gasteiger partial charge in [-0.3, -0.25) is 0 Å². The molecule has 3 aromatic rings. The van der Waals surface area contributed by atoms with Crippen molar-refractivity contribution in [2.75, 3.05) is 19.0 Å². The molecule has 5 nitrogen and oxygen atoms in total. The molecule has 1 aromatic heterocycles. The number of nitrogens with zero attached hydrogens (tertiary/aromatic N) is 2. The molecular weight excluding hydrogens is 376 g/mol. The van der Waals surface area contributed by atoms with Crippen molar-refractivity contribution in [3.05, 3.63) is 63.6 Å². The van der Waals surface area contributed by atoms with E-state index in [1.807, 2.05) is 35.9 Å². The van der Waals surface area contributed by atoms with E-state index in [9.17, 15) is 0 Å². The average molecular weight is 402 g/mol. The minimum absolute atomic E-state index is 0.686. The molecular formula is C20H25N4OS2+. The number of ether oxygens (including phenoxy) is 1. The van der Waals surface area contributed by atoms with Gasteiger partial charge in [-0.15, -0.1) is 5.10 Å². The molecule has 0 fully saturated rings.